The van der Waals surface area contributed by atoms with Gasteiger partial charge in [0.25, 0.3) is 0 Å². The second kappa shape index (κ2) is 15.1. The summed E-state index contributed by atoms with van der Waals surface area (Å²) in [5.41, 5.74) is 11.4. The smallest absolute Gasteiger partial charge is 0.321 e. The largest absolute Gasteiger partial charge is 0.493 e. The molecule has 0 fully saturated rings. The SMILES string of the molecule is CC(NSc1ccc(S(C)=O)cc1)C(=O)O.Cc1ccc(OCCCON=C(N)N)cc1. The lowest BCUT2D eigenvalue weighted by Gasteiger charge is -2.08. The molecule has 0 radical (unpaired) electrons. The molecule has 2 rings (SSSR count). The minimum Gasteiger partial charge on any atom is -0.493 e. The molecule has 9 nitrogen and oxygen atoms in total. The van der Waals surface area contributed by atoms with Gasteiger partial charge in [0, 0.05) is 33.3 Å². The Bertz CT molecular complexity index is 873. The number of hydrogen-bond acceptors (Lipinski definition) is 7. The summed E-state index contributed by atoms with van der Waals surface area (Å²) in [6.07, 6.45) is 2.34. The van der Waals surface area contributed by atoms with Crippen LogP contribution in [-0.4, -0.2) is 46.8 Å². The van der Waals surface area contributed by atoms with E-state index in [1.807, 2.05) is 43.3 Å². The molecule has 2 aromatic carbocycles. The van der Waals surface area contributed by atoms with Gasteiger partial charge in [0.15, 0.2) is 0 Å². The van der Waals surface area contributed by atoms with Crippen molar-refractivity contribution in [2.45, 2.75) is 36.1 Å². The fourth-order valence-corrected chi connectivity index (χ4v) is 3.18. The van der Waals surface area contributed by atoms with Crippen LogP contribution in [0.5, 0.6) is 5.75 Å². The molecule has 6 N–H and O–H groups in total. The Balaban J connectivity index is 0.000000320. The van der Waals surface area contributed by atoms with Crippen LogP contribution in [0.2, 0.25) is 0 Å². The van der Waals surface area contributed by atoms with E-state index in [-0.39, 0.29) is 5.96 Å². The van der Waals surface area contributed by atoms with E-state index < -0.39 is 22.8 Å². The predicted octanol–water partition coefficient (Wildman–Crippen LogP) is 2.46. The topological polar surface area (TPSA) is 149 Å². The summed E-state index contributed by atoms with van der Waals surface area (Å²) in [6, 6.07) is 14.4. The number of nitrogens with zero attached hydrogens (tertiary/aromatic N) is 1. The normalized spacial score (nSPS) is 12.0. The first-order chi connectivity index (χ1) is 15.2. The van der Waals surface area contributed by atoms with Crippen molar-refractivity contribution in [2.75, 3.05) is 19.5 Å². The molecule has 0 aromatic heterocycles. The zero-order valence-corrected chi connectivity index (χ0v) is 19.9. The highest BCUT2D eigenvalue weighted by atomic mass is 32.2. The molecule has 0 aliphatic carbocycles. The molecule has 0 amide bonds. The van der Waals surface area contributed by atoms with Gasteiger partial charge in [-0.3, -0.25) is 9.00 Å². The summed E-state index contributed by atoms with van der Waals surface area (Å²) in [4.78, 5) is 17.0. The van der Waals surface area contributed by atoms with Gasteiger partial charge in [0.05, 0.1) is 6.61 Å². The van der Waals surface area contributed by atoms with Crippen molar-refractivity contribution in [2.24, 2.45) is 16.6 Å². The standard InChI is InChI=1S/C11H17N3O2.C10H13NO3S2/c1-9-3-5-10(6-4-9)15-7-2-8-16-14-11(12)13;1-7(10(12)13)11-15-8-3-5-9(6-4-8)16(2)14/h3-6H,2,7-8H2,1H3,(H4,12,13,14);3-7,11H,1-2H3,(H,12,13). The molecule has 0 aliphatic rings. The quantitative estimate of drug-likeness (QED) is 0.124. The van der Waals surface area contributed by atoms with Crippen LogP contribution < -0.4 is 20.9 Å². The van der Waals surface area contributed by atoms with Gasteiger partial charge in [-0.2, -0.15) is 0 Å². The Hall–Kier alpha value is -2.76. The highest BCUT2D eigenvalue weighted by Crippen LogP contribution is 2.17. The lowest BCUT2D eigenvalue weighted by molar-refractivity contribution is -0.138. The molecule has 2 aromatic rings. The van der Waals surface area contributed by atoms with Crippen molar-refractivity contribution in [3.8, 4) is 5.75 Å². The number of nitrogens with one attached hydrogen (secondary N) is 1. The Labute approximate surface area is 195 Å². The van der Waals surface area contributed by atoms with Crippen LogP contribution in [0, 0.1) is 6.92 Å². The number of benzene rings is 2. The number of oxime groups is 1. The molecule has 0 saturated carbocycles. The summed E-state index contributed by atoms with van der Waals surface area (Å²) in [5.74, 6) is -0.106. The molecule has 2 atom stereocenters. The summed E-state index contributed by atoms with van der Waals surface area (Å²) < 4.78 is 19.4. The maximum atomic E-state index is 11.1. The number of aliphatic carboxylic acids is 1. The average Bonchev–Trinajstić information content (AvgIpc) is 2.76. The van der Waals surface area contributed by atoms with Crippen LogP contribution in [-0.2, 0) is 20.4 Å². The Morgan fingerprint density at radius 1 is 1.16 bits per heavy atom. The van der Waals surface area contributed by atoms with E-state index in [1.54, 1.807) is 25.3 Å². The highest BCUT2D eigenvalue weighted by molar-refractivity contribution is 7.97. The van der Waals surface area contributed by atoms with Crippen LogP contribution in [0.15, 0.2) is 63.5 Å². The van der Waals surface area contributed by atoms with Gasteiger partial charge in [-0.1, -0.05) is 17.7 Å². The van der Waals surface area contributed by atoms with E-state index in [2.05, 4.69) is 9.88 Å². The van der Waals surface area contributed by atoms with E-state index in [0.29, 0.717) is 13.2 Å². The maximum absolute atomic E-state index is 11.1. The van der Waals surface area contributed by atoms with Crippen molar-refractivity contribution in [1.29, 1.82) is 0 Å². The molecule has 0 saturated heterocycles. The average molecular weight is 483 g/mol. The molecule has 11 heteroatoms. The molecule has 2 unspecified atom stereocenters. The summed E-state index contributed by atoms with van der Waals surface area (Å²) in [6.45, 7) is 4.62. The predicted molar refractivity (Wildman–Crippen MR) is 128 cm³/mol. The second-order valence-corrected chi connectivity index (χ2v) is 8.86. The highest BCUT2D eigenvalue weighted by Gasteiger charge is 2.09. The van der Waals surface area contributed by atoms with E-state index >= 15 is 0 Å². The minimum atomic E-state index is -0.981. The van der Waals surface area contributed by atoms with Crippen molar-refractivity contribution >= 4 is 34.7 Å². The van der Waals surface area contributed by atoms with E-state index in [4.69, 9.17) is 26.1 Å². The third kappa shape index (κ3) is 12.2. The number of carbonyl (C=O) groups is 1. The second-order valence-electron chi connectivity index (χ2n) is 6.57. The van der Waals surface area contributed by atoms with Gasteiger partial charge < -0.3 is 26.1 Å². The van der Waals surface area contributed by atoms with Crippen LogP contribution in [0.25, 0.3) is 0 Å². The van der Waals surface area contributed by atoms with Crippen LogP contribution in [0.1, 0.15) is 18.9 Å². The first-order valence-corrected chi connectivity index (χ1v) is 12.1. The molecule has 32 heavy (non-hydrogen) atoms. The Kier molecular flexibility index (Phi) is 12.9. The summed E-state index contributed by atoms with van der Waals surface area (Å²) >= 11 is 1.25. The van der Waals surface area contributed by atoms with Crippen LogP contribution in [0.3, 0.4) is 0 Å². The molecule has 0 spiro atoms. The third-order valence-corrected chi connectivity index (χ3v) is 5.63. The first kappa shape index (κ1) is 27.3. The number of carboxylic acid groups (broad SMARTS) is 1. The number of carboxylic acids is 1. The zero-order chi connectivity index (χ0) is 23.9. The summed E-state index contributed by atoms with van der Waals surface area (Å²) in [5, 5.41) is 12.1. The number of aryl methyl sites for hydroxylation is 1. The molecular weight excluding hydrogens is 452 g/mol. The number of guanidine groups is 1. The molecule has 0 heterocycles. The van der Waals surface area contributed by atoms with Gasteiger partial charge in [-0.25, -0.2) is 4.72 Å². The lowest BCUT2D eigenvalue weighted by Crippen LogP contribution is -2.28. The zero-order valence-electron chi connectivity index (χ0n) is 18.3. The van der Waals surface area contributed by atoms with Gasteiger partial charge in [-0.15, -0.1) is 0 Å². The number of ether oxygens (including phenoxy) is 1. The van der Waals surface area contributed by atoms with E-state index in [9.17, 15) is 9.00 Å². The molecule has 0 bridgehead atoms. The monoisotopic (exact) mass is 482 g/mol. The molecular formula is C21H30N4O5S2. The lowest BCUT2D eigenvalue weighted by atomic mass is 10.2. The fraction of sp³-hybridized carbons (Fsp3) is 0.333. The van der Waals surface area contributed by atoms with Crippen molar-refractivity contribution in [3.05, 3.63) is 54.1 Å². The number of nitrogens with two attached hydrogens (primary N) is 2. The summed E-state index contributed by atoms with van der Waals surface area (Å²) in [7, 11) is -0.981. The minimum absolute atomic E-state index is 0.0700. The van der Waals surface area contributed by atoms with E-state index in [0.717, 1.165) is 22.0 Å². The number of hydrogen-bond donors (Lipinski definition) is 4. The molecule has 0 aliphatic heterocycles. The Morgan fingerprint density at radius 3 is 2.31 bits per heavy atom. The van der Waals surface area contributed by atoms with Crippen molar-refractivity contribution in [1.82, 2.24) is 4.72 Å². The number of rotatable bonds is 11. The Morgan fingerprint density at radius 2 is 1.78 bits per heavy atom. The van der Waals surface area contributed by atoms with Gasteiger partial charge in [-0.05, 0) is 67.3 Å². The van der Waals surface area contributed by atoms with Gasteiger partial charge in [0.1, 0.15) is 18.4 Å². The van der Waals surface area contributed by atoms with Crippen molar-refractivity contribution in [3.63, 3.8) is 0 Å². The third-order valence-electron chi connectivity index (χ3n) is 3.72. The maximum Gasteiger partial charge on any atom is 0.321 e. The molecule has 176 valence electrons. The van der Waals surface area contributed by atoms with Gasteiger partial charge in [0.2, 0.25) is 5.96 Å². The van der Waals surface area contributed by atoms with Crippen LogP contribution >= 0.6 is 11.9 Å². The van der Waals surface area contributed by atoms with Crippen LogP contribution in [0.4, 0.5) is 0 Å². The van der Waals surface area contributed by atoms with Crippen molar-refractivity contribution < 1.29 is 23.7 Å². The van der Waals surface area contributed by atoms with E-state index in [1.165, 1.54) is 17.5 Å². The fourth-order valence-electron chi connectivity index (χ4n) is 1.97. The van der Waals surface area contributed by atoms with Gasteiger partial charge >= 0.3 is 5.97 Å². The first-order valence-electron chi connectivity index (χ1n) is 9.68.